The molecule has 0 bridgehead atoms. The van der Waals surface area contributed by atoms with Crippen LogP contribution in [0.3, 0.4) is 0 Å². The summed E-state index contributed by atoms with van der Waals surface area (Å²) < 4.78 is 0. The number of carbonyl (C=O) groups excluding carboxylic acids is 2. The molecule has 0 saturated heterocycles. The zero-order valence-electron chi connectivity index (χ0n) is 25.9. The van der Waals surface area contributed by atoms with E-state index in [1.54, 1.807) is 0 Å². The van der Waals surface area contributed by atoms with Gasteiger partial charge in [-0.05, 0) is 93.7 Å². The van der Waals surface area contributed by atoms with E-state index in [-0.39, 0.29) is 12.1 Å². The van der Waals surface area contributed by atoms with Crippen molar-refractivity contribution in [3.63, 3.8) is 0 Å². The van der Waals surface area contributed by atoms with Crippen LogP contribution in [0.4, 0.5) is 21.0 Å². The third kappa shape index (κ3) is 14.9. The summed E-state index contributed by atoms with van der Waals surface area (Å²) in [4.78, 5) is 29.5. The lowest BCUT2D eigenvalue weighted by atomic mass is 10.0. The highest BCUT2D eigenvalue weighted by molar-refractivity contribution is 5.89. The summed E-state index contributed by atoms with van der Waals surface area (Å²) in [7, 11) is 0. The van der Waals surface area contributed by atoms with Crippen LogP contribution in [0.1, 0.15) is 90.2 Å². The Morgan fingerprint density at radius 1 is 0.537 bits per heavy atom. The number of hydrogen-bond donors (Lipinski definition) is 4. The van der Waals surface area contributed by atoms with Gasteiger partial charge < -0.3 is 21.3 Å². The van der Waals surface area contributed by atoms with E-state index in [9.17, 15) is 9.59 Å². The molecule has 0 atom stereocenters. The molecule has 8 nitrogen and oxygen atoms in total. The molecule has 0 heterocycles. The predicted octanol–water partition coefficient (Wildman–Crippen LogP) is 7.24. The summed E-state index contributed by atoms with van der Waals surface area (Å²) in [5, 5.41) is 11.9. The van der Waals surface area contributed by atoms with Gasteiger partial charge in [0.25, 0.3) is 0 Å². The largest absolute Gasteiger partial charge is 0.325 e. The van der Waals surface area contributed by atoms with Gasteiger partial charge >= 0.3 is 12.1 Å². The Morgan fingerprint density at radius 3 is 1.15 bits per heavy atom. The van der Waals surface area contributed by atoms with Crippen molar-refractivity contribution in [1.29, 1.82) is 0 Å². The minimum atomic E-state index is -0.183. The molecule has 0 aromatic heterocycles. The van der Waals surface area contributed by atoms with Crippen molar-refractivity contribution >= 4 is 23.4 Å². The van der Waals surface area contributed by atoms with Crippen LogP contribution in [0.5, 0.6) is 0 Å². The first kappa shape index (κ1) is 34.1. The van der Waals surface area contributed by atoms with E-state index in [1.165, 1.54) is 0 Å². The number of anilines is 2. The number of nitrogens with one attached hydrogen (secondary N) is 4. The zero-order chi connectivity index (χ0) is 29.7. The summed E-state index contributed by atoms with van der Waals surface area (Å²) in [6.07, 6.45) is 9.93. The van der Waals surface area contributed by atoms with Gasteiger partial charge in [0.15, 0.2) is 0 Å². The molecule has 0 aliphatic heterocycles. The van der Waals surface area contributed by atoms with Crippen LogP contribution in [-0.4, -0.2) is 61.4 Å². The number of hydrogen-bond acceptors (Lipinski definition) is 4. The number of benzene rings is 2. The quantitative estimate of drug-likeness (QED) is 0.127. The van der Waals surface area contributed by atoms with Crippen LogP contribution in [0.2, 0.25) is 0 Å². The third-order valence-electron chi connectivity index (χ3n) is 7.07. The SMILES string of the molecule is CCCCN(CCCC)CNC(=O)Nc1ccc(Cc2ccc(NC(=O)NCN(CCCC)CCCC)cc2)cc1. The lowest BCUT2D eigenvalue weighted by Crippen LogP contribution is -2.40. The lowest BCUT2D eigenvalue weighted by Gasteiger charge is -2.22. The normalized spacial score (nSPS) is 11.1. The van der Waals surface area contributed by atoms with E-state index in [0.29, 0.717) is 13.3 Å². The highest BCUT2D eigenvalue weighted by atomic mass is 16.2. The molecular weight excluding hydrogens is 512 g/mol. The maximum absolute atomic E-state index is 12.4. The van der Waals surface area contributed by atoms with Crippen molar-refractivity contribution in [2.24, 2.45) is 0 Å². The van der Waals surface area contributed by atoms with Gasteiger partial charge in [-0.15, -0.1) is 0 Å². The summed E-state index contributed by atoms with van der Waals surface area (Å²) in [5.74, 6) is 0. The molecule has 2 aromatic carbocycles. The van der Waals surface area contributed by atoms with Crippen molar-refractivity contribution in [3.05, 3.63) is 59.7 Å². The van der Waals surface area contributed by atoms with Crippen LogP contribution in [0, 0.1) is 0 Å². The van der Waals surface area contributed by atoms with Crippen LogP contribution in [-0.2, 0) is 6.42 Å². The molecule has 0 aliphatic carbocycles. The van der Waals surface area contributed by atoms with Gasteiger partial charge in [-0.3, -0.25) is 9.80 Å². The van der Waals surface area contributed by atoms with Crippen molar-refractivity contribution in [2.75, 3.05) is 50.1 Å². The molecule has 0 radical (unpaired) electrons. The van der Waals surface area contributed by atoms with E-state index in [2.05, 4.69) is 58.8 Å². The number of unbranched alkanes of at least 4 members (excludes halogenated alkanes) is 4. The number of urea groups is 2. The molecule has 4 amide bonds. The molecule has 0 saturated carbocycles. The number of carbonyl (C=O) groups is 2. The number of rotatable bonds is 20. The summed E-state index contributed by atoms with van der Waals surface area (Å²) >= 11 is 0. The second-order valence-corrected chi connectivity index (χ2v) is 10.8. The molecule has 0 unspecified atom stereocenters. The Hall–Kier alpha value is -3.10. The van der Waals surface area contributed by atoms with Crippen molar-refractivity contribution in [1.82, 2.24) is 20.4 Å². The van der Waals surface area contributed by atoms with Gasteiger partial charge in [-0.1, -0.05) is 77.6 Å². The topological polar surface area (TPSA) is 88.7 Å². The van der Waals surface area contributed by atoms with Gasteiger partial charge in [0.05, 0.1) is 13.3 Å². The average molecular weight is 567 g/mol. The Labute approximate surface area is 248 Å². The maximum Gasteiger partial charge on any atom is 0.320 e. The van der Waals surface area contributed by atoms with E-state index >= 15 is 0 Å². The zero-order valence-corrected chi connectivity index (χ0v) is 25.9. The third-order valence-corrected chi connectivity index (χ3v) is 7.07. The van der Waals surface area contributed by atoms with E-state index < -0.39 is 0 Å². The van der Waals surface area contributed by atoms with Crippen LogP contribution >= 0.6 is 0 Å². The maximum atomic E-state index is 12.4. The average Bonchev–Trinajstić information content (AvgIpc) is 2.98. The first-order valence-electron chi connectivity index (χ1n) is 15.7. The van der Waals surface area contributed by atoms with Crippen LogP contribution in [0.15, 0.2) is 48.5 Å². The fourth-order valence-corrected chi connectivity index (χ4v) is 4.43. The van der Waals surface area contributed by atoms with Crippen molar-refractivity contribution in [3.8, 4) is 0 Å². The molecule has 2 rings (SSSR count). The number of amides is 4. The van der Waals surface area contributed by atoms with Crippen LogP contribution < -0.4 is 21.3 Å². The first-order valence-corrected chi connectivity index (χ1v) is 15.7. The Balaban J connectivity index is 1.77. The summed E-state index contributed by atoms with van der Waals surface area (Å²) in [5.41, 5.74) is 3.85. The molecule has 228 valence electrons. The van der Waals surface area contributed by atoms with E-state index in [0.717, 1.165) is 106 Å². The molecular formula is C33H54N6O2. The minimum Gasteiger partial charge on any atom is -0.325 e. The van der Waals surface area contributed by atoms with Gasteiger partial charge in [0, 0.05) is 11.4 Å². The smallest absolute Gasteiger partial charge is 0.320 e. The fourth-order valence-electron chi connectivity index (χ4n) is 4.43. The molecule has 41 heavy (non-hydrogen) atoms. The minimum absolute atomic E-state index is 0.183. The van der Waals surface area contributed by atoms with E-state index in [4.69, 9.17) is 0 Å². The molecule has 0 spiro atoms. The summed E-state index contributed by atoms with van der Waals surface area (Å²) in [6, 6.07) is 15.5. The van der Waals surface area contributed by atoms with Gasteiger partial charge in [-0.2, -0.15) is 0 Å². The number of nitrogens with zero attached hydrogens (tertiary/aromatic N) is 2. The molecule has 4 N–H and O–H groups in total. The van der Waals surface area contributed by atoms with Gasteiger partial charge in [-0.25, -0.2) is 9.59 Å². The van der Waals surface area contributed by atoms with Crippen molar-refractivity contribution < 1.29 is 9.59 Å². The highest BCUT2D eigenvalue weighted by Crippen LogP contribution is 2.16. The summed E-state index contributed by atoms with van der Waals surface area (Å²) in [6.45, 7) is 13.9. The fraction of sp³-hybridized carbons (Fsp3) is 0.576. The van der Waals surface area contributed by atoms with Gasteiger partial charge in [0.2, 0.25) is 0 Å². The Bertz CT molecular complexity index is 885. The standard InChI is InChI=1S/C33H54N6O2/c1-5-9-21-38(22-10-6-2)26-34-32(40)36-30-17-13-28(14-18-30)25-29-15-19-31(20-16-29)37-33(41)35-27-39(23-11-7-3)24-12-8-4/h13-20H,5-12,21-27H2,1-4H3,(H2,34,36,40)(H2,35,37,41). The monoisotopic (exact) mass is 566 g/mol. The first-order chi connectivity index (χ1) is 20.0. The van der Waals surface area contributed by atoms with Crippen molar-refractivity contribution in [2.45, 2.75) is 85.5 Å². The molecule has 0 fully saturated rings. The predicted molar refractivity (Wildman–Crippen MR) is 173 cm³/mol. The molecule has 8 heteroatoms. The highest BCUT2D eigenvalue weighted by Gasteiger charge is 2.09. The van der Waals surface area contributed by atoms with Gasteiger partial charge in [0.1, 0.15) is 0 Å². The Kier molecular flexibility index (Phi) is 17.2. The second kappa shape index (κ2) is 20.7. The second-order valence-electron chi connectivity index (χ2n) is 10.8. The molecule has 0 aliphatic rings. The van der Waals surface area contributed by atoms with E-state index in [1.807, 2.05) is 48.5 Å². The van der Waals surface area contributed by atoms with Crippen LogP contribution in [0.25, 0.3) is 0 Å². The molecule has 2 aromatic rings. The Morgan fingerprint density at radius 2 is 0.854 bits per heavy atom. The lowest BCUT2D eigenvalue weighted by molar-refractivity contribution is 0.225.